The van der Waals surface area contributed by atoms with Gasteiger partial charge >= 0.3 is 5.97 Å². The van der Waals surface area contributed by atoms with Gasteiger partial charge in [-0.15, -0.1) is 11.3 Å². The average Bonchev–Trinajstić information content (AvgIpc) is 2.76. The fourth-order valence-electron chi connectivity index (χ4n) is 1.64. The first kappa shape index (κ1) is 14.3. The molecule has 5 nitrogen and oxygen atoms in total. The third kappa shape index (κ3) is 3.08. The minimum atomic E-state index is -1.000. The molecule has 0 aliphatic heterocycles. The van der Waals surface area contributed by atoms with Crippen LogP contribution in [0, 0.1) is 0 Å². The Hall–Kier alpha value is -2.08. The van der Waals surface area contributed by atoms with E-state index in [4.69, 9.17) is 5.73 Å². The van der Waals surface area contributed by atoms with Crippen LogP contribution in [0.5, 0.6) is 0 Å². The Morgan fingerprint density at radius 3 is 2.65 bits per heavy atom. The van der Waals surface area contributed by atoms with Gasteiger partial charge < -0.3 is 16.2 Å². The largest absolute Gasteiger partial charge is 0.478 e. The van der Waals surface area contributed by atoms with E-state index in [1.165, 1.54) is 17.4 Å². The molecule has 1 aromatic carbocycles. The predicted octanol–water partition coefficient (Wildman–Crippen LogP) is 3.46. The quantitative estimate of drug-likeness (QED) is 0.754. The molecule has 0 unspecified atom stereocenters. The van der Waals surface area contributed by atoms with E-state index >= 15 is 0 Å². The standard InChI is InChI=1S/C14H17N3O2S/c1-14(2,3)11-7-20-13(17-11)16-10-6-8(15)4-5-9(10)12(18)19/h4-7H,15H2,1-3H3,(H,16,17)(H,18,19). The summed E-state index contributed by atoms with van der Waals surface area (Å²) in [6.45, 7) is 6.24. The zero-order valence-electron chi connectivity index (χ0n) is 11.6. The van der Waals surface area contributed by atoms with Crippen molar-refractivity contribution in [3.63, 3.8) is 0 Å². The number of nitrogens with one attached hydrogen (secondary N) is 1. The van der Waals surface area contributed by atoms with Gasteiger partial charge in [0, 0.05) is 16.5 Å². The van der Waals surface area contributed by atoms with E-state index in [1.807, 2.05) is 5.38 Å². The predicted molar refractivity (Wildman–Crippen MR) is 81.9 cm³/mol. The number of thiazole rings is 1. The number of nitrogens with zero attached hydrogens (tertiary/aromatic N) is 1. The number of benzene rings is 1. The molecule has 0 amide bonds. The Kier molecular flexibility index (Phi) is 3.67. The van der Waals surface area contributed by atoms with Gasteiger partial charge in [0.1, 0.15) is 0 Å². The summed E-state index contributed by atoms with van der Waals surface area (Å²) in [7, 11) is 0. The molecule has 0 saturated heterocycles. The summed E-state index contributed by atoms with van der Waals surface area (Å²) < 4.78 is 0. The van der Waals surface area contributed by atoms with Crippen molar-refractivity contribution in [2.45, 2.75) is 26.2 Å². The zero-order chi connectivity index (χ0) is 14.9. The number of carboxylic acids is 1. The highest BCUT2D eigenvalue weighted by Gasteiger charge is 2.18. The van der Waals surface area contributed by atoms with Crippen molar-refractivity contribution in [1.29, 1.82) is 0 Å². The van der Waals surface area contributed by atoms with E-state index in [2.05, 4.69) is 31.1 Å². The van der Waals surface area contributed by atoms with Crippen LogP contribution in [0.25, 0.3) is 0 Å². The molecule has 0 atom stereocenters. The van der Waals surface area contributed by atoms with Gasteiger partial charge in [0.15, 0.2) is 5.13 Å². The van der Waals surface area contributed by atoms with Gasteiger partial charge in [-0.2, -0.15) is 0 Å². The summed E-state index contributed by atoms with van der Waals surface area (Å²) >= 11 is 1.44. The van der Waals surface area contributed by atoms with Gasteiger partial charge in [-0.1, -0.05) is 20.8 Å². The molecule has 0 spiro atoms. The molecule has 1 aromatic heterocycles. The van der Waals surface area contributed by atoms with Crippen LogP contribution in [0.4, 0.5) is 16.5 Å². The Balaban J connectivity index is 2.32. The lowest BCUT2D eigenvalue weighted by Gasteiger charge is -2.14. The van der Waals surface area contributed by atoms with E-state index in [0.29, 0.717) is 16.5 Å². The van der Waals surface area contributed by atoms with Crippen LogP contribution >= 0.6 is 11.3 Å². The molecule has 0 bridgehead atoms. The number of rotatable bonds is 3. The first-order valence-electron chi connectivity index (χ1n) is 6.13. The molecule has 0 saturated carbocycles. The van der Waals surface area contributed by atoms with Crippen LogP contribution in [-0.2, 0) is 5.41 Å². The van der Waals surface area contributed by atoms with Crippen LogP contribution in [0.2, 0.25) is 0 Å². The summed E-state index contributed by atoms with van der Waals surface area (Å²) in [5.74, 6) is -1.000. The second-order valence-electron chi connectivity index (χ2n) is 5.52. The van der Waals surface area contributed by atoms with Crippen molar-refractivity contribution < 1.29 is 9.90 Å². The molecule has 6 heteroatoms. The Labute approximate surface area is 121 Å². The lowest BCUT2D eigenvalue weighted by atomic mass is 9.93. The molecule has 20 heavy (non-hydrogen) atoms. The molecular weight excluding hydrogens is 274 g/mol. The Bertz CT molecular complexity index is 644. The summed E-state index contributed by atoms with van der Waals surface area (Å²) in [6.07, 6.45) is 0. The number of nitrogens with two attached hydrogens (primary N) is 1. The molecule has 2 rings (SSSR count). The van der Waals surface area contributed by atoms with Crippen molar-refractivity contribution in [2.75, 3.05) is 11.1 Å². The van der Waals surface area contributed by atoms with Crippen LogP contribution in [-0.4, -0.2) is 16.1 Å². The van der Waals surface area contributed by atoms with Crippen molar-refractivity contribution in [3.05, 3.63) is 34.8 Å². The normalized spacial score (nSPS) is 11.3. The summed E-state index contributed by atoms with van der Waals surface area (Å²) in [5, 5.41) is 14.8. The molecule has 0 aliphatic carbocycles. The van der Waals surface area contributed by atoms with Crippen LogP contribution in [0.1, 0.15) is 36.8 Å². The molecule has 1 heterocycles. The SMILES string of the molecule is CC(C)(C)c1csc(Nc2cc(N)ccc2C(=O)O)n1. The number of aromatic carboxylic acids is 1. The molecule has 0 fully saturated rings. The van der Waals surface area contributed by atoms with Gasteiger partial charge in [0.05, 0.1) is 16.9 Å². The van der Waals surface area contributed by atoms with Crippen molar-refractivity contribution >= 4 is 33.8 Å². The third-order valence-corrected chi connectivity index (χ3v) is 3.55. The summed E-state index contributed by atoms with van der Waals surface area (Å²) in [5.41, 5.74) is 7.76. The topological polar surface area (TPSA) is 88.2 Å². The van der Waals surface area contributed by atoms with E-state index < -0.39 is 5.97 Å². The fourth-order valence-corrected chi connectivity index (χ4v) is 2.59. The lowest BCUT2D eigenvalue weighted by Crippen LogP contribution is -2.11. The van der Waals surface area contributed by atoms with E-state index in [0.717, 1.165) is 5.69 Å². The second-order valence-corrected chi connectivity index (χ2v) is 6.38. The highest BCUT2D eigenvalue weighted by molar-refractivity contribution is 7.13. The summed E-state index contributed by atoms with van der Waals surface area (Å²) in [4.78, 5) is 15.7. The Morgan fingerprint density at radius 1 is 1.40 bits per heavy atom. The third-order valence-electron chi connectivity index (χ3n) is 2.79. The number of anilines is 3. The highest BCUT2D eigenvalue weighted by atomic mass is 32.1. The second kappa shape index (κ2) is 5.13. The molecule has 4 N–H and O–H groups in total. The van der Waals surface area contributed by atoms with E-state index in [9.17, 15) is 9.90 Å². The number of nitrogen functional groups attached to an aromatic ring is 1. The number of hydrogen-bond acceptors (Lipinski definition) is 5. The van der Waals surface area contributed by atoms with E-state index in [1.54, 1.807) is 12.1 Å². The van der Waals surface area contributed by atoms with Crippen LogP contribution in [0.15, 0.2) is 23.6 Å². The monoisotopic (exact) mass is 291 g/mol. The molecule has 106 valence electrons. The van der Waals surface area contributed by atoms with Gasteiger partial charge in [-0.25, -0.2) is 9.78 Å². The van der Waals surface area contributed by atoms with Gasteiger partial charge in [-0.05, 0) is 18.2 Å². The number of carbonyl (C=O) groups is 1. The van der Waals surface area contributed by atoms with Crippen molar-refractivity contribution in [1.82, 2.24) is 4.98 Å². The van der Waals surface area contributed by atoms with E-state index in [-0.39, 0.29) is 11.0 Å². The first-order chi connectivity index (χ1) is 9.27. The number of carboxylic acid groups (broad SMARTS) is 1. The van der Waals surface area contributed by atoms with Crippen molar-refractivity contribution in [3.8, 4) is 0 Å². The number of aromatic nitrogens is 1. The maximum absolute atomic E-state index is 11.2. The summed E-state index contributed by atoms with van der Waals surface area (Å²) in [6, 6.07) is 4.65. The number of hydrogen-bond donors (Lipinski definition) is 3. The van der Waals surface area contributed by atoms with Gasteiger partial charge in [0.2, 0.25) is 0 Å². The maximum atomic E-state index is 11.2. The minimum absolute atomic E-state index is 0.0399. The van der Waals surface area contributed by atoms with Gasteiger partial charge in [-0.3, -0.25) is 0 Å². The van der Waals surface area contributed by atoms with Gasteiger partial charge in [0.25, 0.3) is 0 Å². The molecule has 0 aliphatic rings. The first-order valence-corrected chi connectivity index (χ1v) is 7.01. The van der Waals surface area contributed by atoms with Crippen LogP contribution in [0.3, 0.4) is 0 Å². The molecular formula is C14H17N3O2S. The maximum Gasteiger partial charge on any atom is 0.337 e. The minimum Gasteiger partial charge on any atom is -0.478 e. The van der Waals surface area contributed by atoms with Crippen LogP contribution < -0.4 is 11.1 Å². The zero-order valence-corrected chi connectivity index (χ0v) is 12.4. The van der Waals surface area contributed by atoms with Crippen molar-refractivity contribution in [2.24, 2.45) is 0 Å². The molecule has 2 aromatic rings. The lowest BCUT2D eigenvalue weighted by molar-refractivity contribution is 0.0698. The molecule has 0 radical (unpaired) electrons. The smallest absolute Gasteiger partial charge is 0.337 e. The Morgan fingerprint density at radius 2 is 2.10 bits per heavy atom. The fraction of sp³-hybridized carbons (Fsp3) is 0.286. The highest BCUT2D eigenvalue weighted by Crippen LogP contribution is 2.30. The average molecular weight is 291 g/mol.